The minimum atomic E-state index is 0.225. The first-order valence-electron chi connectivity index (χ1n) is 11.5. The van der Waals surface area contributed by atoms with Crippen LogP contribution in [0, 0.1) is 0 Å². The first-order chi connectivity index (χ1) is 13.8. The second-order valence-electron chi connectivity index (χ2n) is 8.05. The van der Waals surface area contributed by atoms with E-state index in [1.54, 1.807) is 0 Å². The summed E-state index contributed by atoms with van der Waals surface area (Å²) in [6.45, 7) is 6.85. The molecule has 1 aromatic rings. The highest BCUT2D eigenvalue weighted by atomic mass is 16.1. The van der Waals surface area contributed by atoms with Crippen molar-refractivity contribution in [2.75, 3.05) is 32.7 Å². The molecule has 160 valence electrons. The fraction of sp³-hybridized carbons (Fsp3) is 0.818. The van der Waals surface area contributed by atoms with Crippen LogP contribution in [0.5, 0.6) is 0 Å². The molecule has 0 unspecified atom stereocenters. The average Bonchev–Trinajstić information content (AvgIpc) is 2.97. The van der Waals surface area contributed by atoms with E-state index in [0.29, 0.717) is 0 Å². The number of aromatic amines is 1. The van der Waals surface area contributed by atoms with E-state index in [2.05, 4.69) is 25.5 Å². The first kappa shape index (κ1) is 22.9. The quantitative estimate of drug-likeness (QED) is 0.720. The SMILES string of the molecule is C1CCCNCC1.O=C1CCCCCN1.c1c[nH]c(CN2CCCCCC2)n1. The van der Waals surface area contributed by atoms with Gasteiger partial charge in [-0.2, -0.15) is 0 Å². The highest BCUT2D eigenvalue weighted by Gasteiger charge is 2.09. The van der Waals surface area contributed by atoms with Crippen molar-refractivity contribution in [2.45, 2.75) is 83.6 Å². The van der Waals surface area contributed by atoms with E-state index in [0.717, 1.165) is 38.2 Å². The second kappa shape index (κ2) is 15.5. The summed E-state index contributed by atoms with van der Waals surface area (Å²) in [5, 5.41) is 6.15. The van der Waals surface area contributed by atoms with Gasteiger partial charge in [-0.15, -0.1) is 0 Å². The molecule has 1 aromatic heterocycles. The smallest absolute Gasteiger partial charge is 0.219 e. The summed E-state index contributed by atoms with van der Waals surface area (Å²) in [6.07, 6.45) is 19.0. The largest absolute Gasteiger partial charge is 0.356 e. The van der Waals surface area contributed by atoms with Crippen LogP contribution in [-0.2, 0) is 11.3 Å². The van der Waals surface area contributed by atoms with Gasteiger partial charge in [0.1, 0.15) is 5.82 Å². The number of rotatable bonds is 2. The molecule has 0 spiro atoms. The Hall–Kier alpha value is -1.40. The molecular formula is C22H41N5O. The van der Waals surface area contributed by atoms with E-state index in [-0.39, 0.29) is 5.91 Å². The fourth-order valence-corrected chi connectivity index (χ4v) is 3.77. The van der Waals surface area contributed by atoms with Crippen molar-refractivity contribution < 1.29 is 4.79 Å². The Morgan fingerprint density at radius 3 is 2.14 bits per heavy atom. The number of carbonyl (C=O) groups is 1. The molecule has 3 saturated heterocycles. The number of nitrogens with zero attached hydrogens (tertiary/aromatic N) is 2. The molecule has 0 aliphatic carbocycles. The molecule has 0 saturated carbocycles. The van der Waals surface area contributed by atoms with Crippen molar-refractivity contribution in [3.05, 3.63) is 18.2 Å². The molecule has 3 fully saturated rings. The Labute approximate surface area is 171 Å². The van der Waals surface area contributed by atoms with Crippen molar-refractivity contribution in [1.29, 1.82) is 0 Å². The third-order valence-corrected chi connectivity index (χ3v) is 5.49. The standard InChI is InChI=1S/C10H17N3.C6H11NO.C6H13N/c1-2-4-8-13(7-3-1)9-10-11-5-6-12-10;8-6-4-2-1-3-5-7-6;1-2-4-6-7-5-3-1/h5-6H,1-4,7-9H2,(H,11,12);1-5H2,(H,7,8);7H,1-6H2. The number of nitrogens with one attached hydrogen (secondary N) is 3. The lowest BCUT2D eigenvalue weighted by Crippen LogP contribution is -2.24. The maximum absolute atomic E-state index is 10.6. The van der Waals surface area contributed by atoms with Gasteiger partial charge in [-0.05, 0) is 64.7 Å². The van der Waals surface area contributed by atoms with E-state index in [4.69, 9.17) is 0 Å². The van der Waals surface area contributed by atoms with Crippen LogP contribution in [0.3, 0.4) is 0 Å². The highest BCUT2D eigenvalue weighted by Crippen LogP contribution is 2.11. The zero-order chi connectivity index (χ0) is 19.7. The number of carbonyl (C=O) groups excluding carboxylic acids is 1. The van der Waals surface area contributed by atoms with Gasteiger partial charge in [-0.1, -0.05) is 32.1 Å². The van der Waals surface area contributed by atoms with Crippen LogP contribution in [0.1, 0.15) is 82.9 Å². The van der Waals surface area contributed by atoms with E-state index >= 15 is 0 Å². The van der Waals surface area contributed by atoms with Crippen LogP contribution in [0.4, 0.5) is 0 Å². The highest BCUT2D eigenvalue weighted by molar-refractivity contribution is 5.75. The fourth-order valence-electron chi connectivity index (χ4n) is 3.77. The summed E-state index contributed by atoms with van der Waals surface area (Å²) >= 11 is 0. The minimum Gasteiger partial charge on any atom is -0.356 e. The molecule has 4 heterocycles. The van der Waals surface area contributed by atoms with E-state index in [9.17, 15) is 4.79 Å². The van der Waals surface area contributed by atoms with Gasteiger partial charge >= 0.3 is 0 Å². The molecule has 28 heavy (non-hydrogen) atoms. The zero-order valence-electron chi connectivity index (χ0n) is 17.7. The number of imidazole rings is 1. The molecule has 3 N–H and O–H groups in total. The average molecular weight is 392 g/mol. The number of amides is 1. The van der Waals surface area contributed by atoms with Crippen molar-refractivity contribution in [1.82, 2.24) is 25.5 Å². The van der Waals surface area contributed by atoms with Crippen molar-refractivity contribution in [3.63, 3.8) is 0 Å². The Morgan fingerprint density at radius 1 is 0.821 bits per heavy atom. The maximum Gasteiger partial charge on any atom is 0.219 e. The number of likely N-dealkylation sites (tertiary alicyclic amines) is 1. The summed E-state index contributed by atoms with van der Waals surface area (Å²) in [5.41, 5.74) is 0. The minimum absolute atomic E-state index is 0.225. The van der Waals surface area contributed by atoms with Gasteiger partial charge in [-0.25, -0.2) is 4.98 Å². The Bertz CT molecular complexity index is 453. The monoisotopic (exact) mass is 391 g/mol. The van der Waals surface area contributed by atoms with Crippen LogP contribution < -0.4 is 10.6 Å². The van der Waals surface area contributed by atoms with Gasteiger partial charge in [0.05, 0.1) is 6.54 Å². The normalized spacial score (nSPS) is 21.5. The van der Waals surface area contributed by atoms with Gasteiger partial charge in [-0.3, -0.25) is 9.69 Å². The molecule has 6 nitrogen and oxygen atoms in total. The molecule has 0 bridgehead atoms. The third kappa shape index (κ3) is 11.4. The number of H-pyrrole nitrogens is 1. The number of aromatic nitrogens is 2. The molecule has 4 rings (SSSR count). The van der Waals surface area contributed by atoms with Crippen molar-refractivity contribution in [3.8, 4) is 0 Å². The van der Waals surface area contributed by atoms with E-state index in [1.165, 1.54) is 84.0 Å². The molecular weight excluding hydrogens is 350 g/mol. The van der Waals surface area contributed by atoms with E-state index < -0.39 is 0 Å². The summed E-state index contributed by atoms with van der Waals surface area (Å²) in [6, 6.07) is 0. The summed E-state index contributed by atoms with van der Waals surface area (Å²) in [5.74, 6) is 1.32. The van der Waals surface area contributed by atoms with Crippen LogP contribution in [0.2, 0.25) is 0 Å². The lowest BCUT2D eigenvalue weighted by atomic mass is 10.2. The van der Waals surface area contributed by atoms with Gasteiger partial charge in [0.25, 0.3) is 0 Å². The first-order valence-corrected chi connectivity index (χ1v) is 11.5. The lowest BCUT2D eigenvalue weighted by molar-refractivity contribution is -0.120. The summed E-state index contributed by atoms with van der Waals surface area (Å²) in [7, 11) is 0. The Morgan fingerprint density at radius 2 is 1.46 bits per heavy atom. The number of hydrogen-bond acceptors (Lipinski definition) is 4. The van der Waals surface area contributed by atoms with Crippen molar-refractivity contribution in [2.24, 2.45) is 0 Å². The van der Waals surface area contributed by atoms with Crippen LogP contribution in [0.15, 0.2) is 12.4 Å². The molecule has 0 radical (unpaired) electrons. The molecule has 0 atom stereocenters. The topological polar surface area (TPSA) is 73.1 Å². The zero-order valence-corrected chi connectivity index (χ0v) is 17.7. The Kier molecular flexibility index (Phi) is 12.7. The predicted octanol–water partition coefficient (Wildman–Crippen LogP) is 3.61. The molecule has 1 amide bonds. The summed E-state index contributed by atoms with van der Waals surface area (Å²) in [4.78, 5) is 20.5. The molecule has 3 aliphatic rings. The summed E-state index contributed by atoms with van der Waals surface area (Å²) < 4.78 is 0. The van der Waals surface area contributed by atoms with Gasteiger partial charge in [0, 0.05) is 25.4 Å². The van der Waals surface area contributed by atoms with Gasteiger partial charge in [0.2, 0.25) is 5.91 Å². The Balaban J connectivity index is 0.000000161. The van der Waals surface area contributed by atoms with Crippen LogP contribution >= 0.6 is 0 Å². The van der Waals surface area contributed by atoms with Crippen molar-refractivity contribution >= 4 is 5.91 Å². The van der Waals surface area contributed by atoms with Gasteiger partial charge < -0.3 is 15.6 Å². The third-order valence-electron chi connectivity index (χ3n) is 5.49. The lowest BCUT2D eigenvalue weighted by Gasteiger charge is -2.17. The van der Waals surface area contributed by atoms with E-state index in [1.807, 2.05) is 12.4 Å². The predicted molar refractivity (Wildman–Crippen MR) is 115 cm³/mol. The van der Waals surface area contributed by atoms with Crippen LogP contribution in [0.25, 0.3) is 0 Å². The number of hydrogen-bond donors (Lipinski definition) is 3. The molecule has 6 heteroatoms. The molecule has 3 aliphatic heterocycles. The van der Waals surface area contributed by atoms with Gasteiger partial charge in [0.15, 0.2) is 0 Å². The maximum atomic E-state index is 10.6. The molecule has 0 aromatic carbocycles. The van der Waals surface area contributed by atoms with Crippen LogP contribution in [-0.4, -0.2) is 53.5 Å². The second-order valence-corrected chi connectivity index (χ2v) is 8.05.